The molecular weight excluding hydrogens is 314 g/mol. The molecule has 136 valence electrons. The summed E-state index contributed by atoms with van der Waals surface area (Å²) < 4.78 is 1.93. The molecule has 0 saturated carbocycles. The van der Waals surface area contributed by atoms with Crippen molar-refractivity contribution in [3.63, 3.8) is 0 Å². The molecular formula is C19H29N5O. The van der Waals surface area contributed by atoms with E-state index in [0.717, 1.165) is 25.2 Å². The van der Waals surface area contributed by atoms with Crippen molar-refractivity contribution in [2.24, 2.45) is 10.9 Å². The summed E-state index contributed by atoms with van der Waals surface area (Å²) in [6.45, 7) is 8.67. The number of guanidine groups is 1. The minimum atomic E-state index is -0.996. The standard InChI is InChI=1S/C19H29N5O/c1-4-20-18(21-13-16(2)14-24-12-8-11-23-24)22-15-19(3,25)17-9-6-5-7-10-17/h5-12,16,25H,4,13-15H2,1-3H3,(H2,20,21,22). The van der Waals surface area contributed by atoms with Crippen LogP contribution in [0.3, 0.4) is 0 Å². The summed E-state index contributed by atoms with van der Waals surface area (Å²) in [6.07, 6.45) is 3.75. The Bertz CT molecular complexity index is 637. The SMILES string of the molecule is CCNC(=NCC(C)(O)c1ccccc1)NCC(C)Cn1cccn1. The lowest BCUT2D eigenvalue weighted by Gasteiger charge is -2.23. The van der Waals surface area contributed by atoms with Gasteiger partial charge >= 0.3 is 0 Å². The van der Waals surface area contributed by atoms with E-state index in [1.807, 2.05) is 54.2 Å². The van der Waals surface area contributed by atoms with E-state index in [4.69, 9.17) is 0 Å². The topological polar surface area (TPSA) is 74.5 Å². The van der Waals surface area contributed by atoms with Crippen LogP contribution >= 0.6 is 0 Å². The molecule has 0 aliphatic carbocycles. The predicted octanol–water partition coefficient (Wildman–Crippen LogP) is 1.98. The first kappa shape index (κ1) is 19.0. The second-order valence-corrected chi connectivity index (χ2v) is 6.55. The fourth-order valence-corrected chi connectivity index (χ4v) is 2.53. The Labute approximate surface area is 150 Å². The van der Waals surface area contributed by atoms with Gasteiger partial charge in [-0.2, -0.15) is 5.10 Å². The third kappa shape index (κ3) is 6.23. The molecule has 1 aromatic heterocycles. The van der Waals surface area contributed by atoms with Crippen LogP contribution in [0.1, 0.15) is 26.3 Å². The van der Waals surface area contributed by atoms with Gasteiger partial charge in [0.05, 0.1) is 6.54 Å². The van der Waals surface area contributed by atoms with E-state index >= 15 is 0 Å². The molecule has 0 aliphatic heterocycles. The molecule has 0 spiro atoms. The number of hydrogen-bond donors (Lipinski definition) is 3. The number of aliphatic hydroxyl groups is 1. The van der Waals surface area contributed by atoms with Crippen molar-refractivity contribution in [1.29, 1.82) is 0 Å². The third-order valence-corrected chi connectivity index (χ3v) is 3.96. The smallest absolute Gasteiger partial charge is 0.191 e. The Morgan fingerprint density at radius 3 is 2.68 bits per heavy atom. The van der Waals surface area contributed by atoms with Gasteiger partial charge < -0.3 is 15.7 Å². The van der Waals surface area contributed by atoms with Gasteiger partial charge in [0, 0.05) is 32.0 Å². The quantitative estimate of drug-likeness (QED) is 0.506. The van der Waals surface area contributed by atoms with Crippen molar-refractivity contribution < 1.29 is 5.11 Å². The third-order valence-electron chi connectivity index (χ3n) is 3.96. The largest absolute Gasteiger partial charge is 0.384 e. The molecule has 6 heteroatoms. The van der Waals surface area contributed by atoms with Crippen LogP contribution < -0.4 is 10.6 Å². The van der Waals surface area contributed by atoms with Crippen LogP contribution in [0.25, 0.3) is 0 Å². The zero-order chi connectivity index (χ0) is 18.1. The lowest BCUT2D eigenvalue weighted by Crippen LogP contribution is -2.41. The van der Waals surface area contributed by atoms with E-state index < -0.39 is 5.60 Å². The first-order valence-electron chi connectivity index (χ1n) is 8.79. The van der Waals surface area contributed by atoms with E-state index in [0.29, 0.717) is 18.4 Å². The zero-order valence-corrected chi connectivity index (χ0v) is 15.3. The maximum absolute atomic E-state index is 10.7. The average Bonchev–Trinajstić information content (AvgIpc) is 3.11. The first-order valence-corrected chi connectivity index (χ1v) is 8.79. The second-order valence-electron chi connectivity index (χ2n) is 6.55. The summed E-state index contributed by atoms with van der Waals surface area (Å²) in [7, 11) is 0. The number of nitrogens with zero attached hydrogens (tertiary/aromatic N) is 3. The van der Waals surface area contributed by atoms with Crippen molar-refractivity contribution in [3.05, 3.63) is 54.4 Å². The number of rotatable bonds is 8. The number of benzene rings is 1. The fraction of sp³-hybridized carbons (Fsp3) is 0.474. The molecule has 6 nitrogen and oxygen atoms in total. The van der Waals surface area contributed by atoms with E-state index in [9.17, 15) is 5.11 Å². The van der Waals surface area contributed by atoms with Gasteiger partial charge in [-0.15, -0.1) is 0 Å². The molecule has 0 amide bonds. The summed E-state index contributed by atoms with van der Waals surface area (Å²) >= 11 is 0. The summed E-state index contributed by atoms with van der Waals surface area (Å²) in [5.41, 5.74) is -0.133. The van der Waals surface area contributed by atoms with Crippen LogP contribution in [0.15, 0.2) is 53.8 Å². The van der Waals surface area contributed by atoms with Gasteiger partial charge in [0.15, 0.2) is 5.96 Å². The molecule has 0 saturated heterocycles. The van der Waals surface area contributed by atoms with Gasteiger partial charge in [-0.05, 0) is 31.4 Å². The van der Waals surface area contributed by atoms with Crippen molar-refractivity contribution in [2.45, 2.75) is 32.9 Å². The average molecular weight is 343 g/mol. The van der Waals surface area contributed by atoms with Crippen molar-refractivity contribution in [3.8, 4) is 0 Å². The van der Waals surface area contributed by atoms with Gasteiger partial charge in [-0.25, -0.2) is 4.99 Å². The lowest BCUT2D eigenvalue weighted by atomic mass is 9.96. The van der Waals surface area contributed by atoms with Crippen LogP contribution in [0.4, 0.5) is 0 Å². The lowest BCUT2D eigenvalue weighted by molar-refractivity contribution is 0.0672. The molecule has 2 aromatic rings. The summed E-state index contributed by atoms with van der Waals surface area (Å²) in [4.78, 5) is 4.55. The highest BCUT2D eigenvalue weighted by Gasteiger charge is 2.22. The molecule has 2 rings (SSSR count). The second kappa shape index (κ2) is 9.22. The van der Waals surface area contributed by atoms with Gasteiger partial charge in [0.1, 0.15) is 5.60 Å². The predicted molar refractivity (Wildman–Crippen MR) is 101 cm³/mol. The van der Waals surface area contributed by atoms with Gasteiger partial charge in [0.2, 0.25) is 0 Å². The summed E-state index contributed by atoms with van der Waals surface area (Å²) in [6, 6.07) is 11.6. The van der Waals surface area contributed by atoms with Crippen LogP contribution in [-0.2, 0) is 12.1 Å². The van der Waals surface area contributed by atoms with Gasteiger partial charge in [-0.3, -0.25) is 4.68 Å². The summed E-state index contributed by atoms with van der Waals surface area (Å²) in [5.74, 6) is 1.12. The Morgan fingerprint density at radius 2 is 2.04 bits per heavy atom. The van der Waals surface area contributed by atoms with Crippen LogP contribution in [-0.4, -0.2) is 40.5 Å². The van der Waals surface area contributed by atoms with E-state index in [-0.39, 0.29) is 0 Å². The van der Waals surface area contributed by atoms with Gasteiger partial charge in [0.25, 0.3) is 0 Å². The number of hydrogen-bond acceptors (Lipinski definition) is 3. The highest BCUT2D eigenvalue weighted by molar-refractivity contribution is 5.79. The Hall–Kier alpha value is -2.34. The molecule has 0 aliphatic rings. The number of aromatic nitrogens is 2. The number of nitrogens with one attached hydrogen (secondary N) is 2. The molecule has 3 N–H and O–H groups in total. The van der Waals surface area contributed by atoms with E-state index in [2.05, 4.69) is 27.6 Å². The monoisotopic (exact) mass is 343 g/mol. The Balaban J connectivity index is 1.91. The highest BCUT2D eigenvalue weighted by Crippen LogP contribution is 2.20. The molecule has 2 atom stereocenters. The van der Waals surface area contributed by atoms with Crippen molar-refractivity contribution in [1.82, 2.24) is 20.4 Å². The fourth-order valence-electron chi connectivity index (χ4n) is 2.53. The van der Waals surface area contributed by atoms with Crippen LogP contribution in [0.5, 0.6) is 0 Å². The first-order chi connectivity index (χ1) is 12.0. The zero-order valence-electron chi connectivity index (χ0n) is 15.3. The van der Waals surface area contributed by atoms with Crippen LogP contribution in [0, 0.1) is 5.92 Å². The van der Waals surface area contributed by atoms with Crippen molar-refractivity contribution >= 4 is 5.96 Å². The van der Waals surface area contributed by atoms with E-state index in [1.165, 1.54) is 0 Å². The Kier molecular flexibility index (Phi) is 7.01. The number of aliphatic imine (C=N–C) groups is 1. The molecule has 0 bridgehead atoms. The Morgan fingerprint density at radius 1 is 1.28 bits per heavy atom. The van der Waals surface area contributed by atoms with Gasteiger partial charge in [-0.1, -0.05) is 37.3 Å². The maximum atomic E-state index is 10.7. The molecule has 1 heterocycles. The molecule has 25 heavy (non-hydrogen) atoms. The van der Waals surface area contributed by atoms with Crippen molar-refractivity contribution in [2.75, 3.05) is 19.6 Å². The summed E-state index contributed by atoms with van der Waals surface area (Å²) in [5, 5.41) is 21.5. The molecule has 0 radical (unpaired) electrons. The van der Waals surface area contributed by atoms with E-state index in [1.54, 1.807) is 13.1 Å². The minimum absolute atomic E-state index is 0.292. The van der Waals surface area contributed by atoms with Crippen LogP contribution in [0.2, 0.25) is 0 Å². The molecule has 1 aromatic carbocycles. The maximum Gasteiger partial charge on any atom is 0.191 e. The molecule has 2 unspecified atom stereocenters. The highest BCUT2D eigenvalue weighted by atomic mass is 16.3. The molecule has 0 fully saturated rings. The minimum Gasteiger partial charge on any atom is -0.384 e. The normalized spacial score (nSPS) is 15.4.